The van der Waals surface area contributed by atoms with E-state index in [1.807, 2.05) is 18.2 Å². The molecular formula is C13H20BrNO. The average molecular weight is 286 g/mol. The zero-order valence-electron chi connectivity index (χ0n) is 9.84. The van der Waals surface area contributed by atoms with Crippen molar-refractivity contribution in [2.45, 2.75) is 39.2 Å². The van der Waals surface area contributed by atoms with Gasteiger partial charge in [-0.3, -0.25) is 0 Å². The Bertz CT molecular complexity index is 315. The van der Waals surface area contributed by atoms with Crippen LogP contribution in [0.5, 0.6) is 5.75 Å². The Kier molecular flexibility index (Phi) is 6.50. The first kappa shape index (κ1) is 13.5. The van der Waals surface area contributed by atoms with Gasteiger partial charge in [-0.15, -0.1) is 0 Å². The van der Waals surface area contributed by atoms with E-state index in [1.165, 1.54) is 19.3 Å². The SMILES string of the molecule is CCCCCCOc1cc(Br)cc(CN)c1. The quantitative estimate of drug-likeness (QED) is 0.772. The van der Waals surface area contributed by atoms with Crippen molar-refractivity contribution in [1.82, 2.24) is 0 Å². The molecule has 0 saturated carbocycles. The summed E-state index contributed by atoms with van der Waals surface area (Å²) in [6.45, 7) is 3.55. The van der Waals surface area contributed by atoms with E-state index in [0.717, 1.165) is 28.8 Å². The summed E-state index contributed by atoms with van der Waals surface area (Å²) in [5, 5.41) is 0. The van der Waals surface area contributed by atoms with Gasteiger partial charge in [0.05, 0.1) is 6.61 Å². The third-order valence-corrected chi connectivity index (χ3v) is 2.89. The predicted octanol–water partition coefficient (Wildman–Crippen LogP) is 3.87. The first-order valence-corrected chi connectivity index (χ1v) is 6.68. The van der Waals surface area contributed by atoms with Gasteiger partial charge in [0.1, 0.15) is 5.75 Å². The monoisotopic (exact) mass is 285 g/mol. The molecule has 0 unspecified atom stereocenters. The molecule has 0 atom stereocenters. The van der Waals surface area contributed by atoms with Gasteiger partial charge in [-0.25, -0.2) is 0 Å². The first-order chi connectivity index (χ1) is 7.76. The van der Waals surface area contributed by atoms with Gasteiger partial charge in [0.25, 0.3) is 0 Å². The Morgan fingerprint density at radius 2 is 2.00 bits per heavy atom. The minimum atomic E-state index is 0.547. The summed E-state index contributed by atoms with van der Waals surface area (Å²) >= 11 is 3.45. The number of benzene rings is 1. The van der Waals surface area contributed by atoms with E-state index < -0.39 is 0 Å². The largest absolute Gasteiger partial charge is 0.494 e. The molecule has 90 valence electrons. The van der Waals surface area contributed by atoms with Crippen molar-refractivity contribution in [2.75, 3.05) is 6.61 Å². The highest BCUT2D eigenvalue weighted by molar-refractivity contribution is 9.10. The van der Waals surface area contributed by atoms with E-state index in [9.17, 15) is 0 Å². The second-order valence-electron chi connectivity index (χ2n) is 3.91. The maximum absolute atomic E-state index is 5.69. The van der Waals surface area contributed by atoms with Crippen LogP contribution in [0.25, 0.3) is 0 Å². The van der Waals surface area contributed by atoms with E-state index in [2.05, 4.69) is 22.9 Å². The smallest absolute Gasteiger partial charge is 0.120 e. The molecule has 2 N–H and O–H groups in total. The molecule has 0 aromatic heterocycles. The molecule has 2 nitrogen and oxygen atoms in total. The molecule has 1 aromatic rings. The molecule has 0 aliphatic carbocycles. The molecule has 0 spiro atoms. The van der Waals surface area contributed by atoms with E-state index in [1.54, 1.807) is 0 Å². The van der Waals surface area contributed by atoms with Crippen molar-refractivity contribution in [3.63, 3.8) is 0 Å². The number of unbranched alkanes of at least 4 members (excludes halogenated alkanes) is 3. The average Bonchev–Trinajstić information content (AvgIpc) is 2.28. The van der Waals surface area contributed by atoms with Crippen LogP contribution in [-0.4, -0.2) is 6.61 Å². The van der Waals surface area contributed by atoms with Gasteiger partial charge in [-0.05, 0) is 30.2 Å². The fourth-order valence-corrected chi connectivity index (χ4v) is 2.06. The normalized spacial score (nSPS) is 10.4. The summed E-state index contributed by atoms with van der Waals surface area (Å²) in [5.41, 5.74) is 6.70. The van der Waals surface area contributed by atoms with Crippen LogP contribution in [0, 0.1) is 0 Å². The molecule has 0 amide bonds. The number of hydrogen-bond acceptors (Lipinski definition) is 2. The Hall–Kier alpha value is -0.540. The number of ether oxygens (including phenoxy) is 1. The molecule has 0 aliphatic rings. The van der Waals surface area contributed by atoms with E-state index in [4.69, 9.17) is 10.5 Å². The lowest BCUT2D eigenvalue weighted by molar-refractivity contribution is 0.304. The molecular weight excluding hydrogens is 266 g/mol. The molecule has 1 aromatic carbocycles. The zero-order chi connectivity index (χ0) is 11.8. The van der Waals surface area contributed by atoms with Gasteiger partial charge in [0.2, 0.25) is 0 Å². The van der Waals surface area contributed by atoms with Crippen LogP contribution in [0.3, 0.4) is 0 Å². The van der Waals surface area contributed by atoms with Crippen molar-refractivity contribution in [1.29, 1.82) is 0 Å². The number of hydrogen-bond donors (Lipinski definition) is 1. The van der Waals surface area contributed by atoms with Crippen LogP contribution in [0.2, 0.25) is 0 Å². The van der Waals surface area contributed by atoms with Gasteiger partial charge in [0.15, 0.2) is 0 Å². The van der Waals surface area contributed by atoms with Crippen molar-refractivity contribution < 1.29 is 4.74 Å². The summed E-state index contributed by atoms with van der Waals surface area (Å²) in [4.78, 5) is 0. The highest BCUT2D eigenvalue weighted by atomic mass is 79.9. The second kappa shape index (κ2) is 7.69. The Labute approximate surface area is 106 Å². The molecule has 0 bridgehead atoms. The van der Waals surface area contributed by atoms with Crippen LogP contribution >= 0.6 is 15.9 Å². The van der Waals surface area contributed by atoms with Gasteiger partial charge in [-0.2, -0.15) is 0 Å². The van der Waals surface area contributed by atoms with Crippen molar-refractivity contribution in [3.8, 4) is 5.75 Å². The first-order valence-electron chi connectivity index (χ1n) is 5.88. The van der Waals surface area contributed by atoms with Gasteiger partial charge in [-0.1, -0.05) is 42.1 Å². The fourth-order valence-electron chi connectivity index (χ4n) is 1.54. The van der Waals surface area contributed by atoms with Crippen LogP contribution in [0.15, 0.2) is 22.7 Å². The Morgan fingerprint density at radius 1 is 1.19 bits per heavy atom. The predicted molar refractivity (Wildman–Crippen MR) is 71.7 cm³/mol. The molecule has 0 saturated heterocycles. The molecule has 0 aliphatic heterocycles. The summed E-state index contributed by atoms with van der Waals surface area (Å²) < 4.78 is 6.72. The van der Waals surface area contributed by atoms with Crippen molar-refractivity contribution in [3.05, 3.63) is 28.2 Å². The van der Waals surface area contributed by atoms with Gasteiger partial charge >= 0.3 is 0 Å². The van der Waals surface area contributed by atoms with Crippen molar-refractivity contribution in [2.24, 2.45) is 5.73 Å². The zero-order valence-corrected chi connectivity index (χ0v) is 11.4. The molecule has 3 heteroatoms. The minimum Gasteiger partial charge on any atom is -0.494 e. The molecule has 1 rings (SSSR count). The topological polar surface area (TPSA) is 35.2 Å². The molecule has 16 heavy (non-hydrogen) atoms. The van der Waals surface area contributed by atoms with Gasteiger partial charge < -0.3 is 10.5 Å². The molecule has 0 radical (unpaired) electrons. The van der Waals surface area contributed by atoms with E-state index in [0.29, 0.717) is 6.54 Å². The lowest BCUT2D eigenvalue weighted by Gasteiger charge is -2.08. The number of halogens is 1. The number of rotatable bonds is 7. The Balaban J connectivity index is 2.38. The van der Waals surface area contributed by atoms with Crippen molar-refractivity contribution >= 4 is 15.9 Å². The second-order valence-corrected chi connectivity index (χ2v) is 4.82. The minimum absolute atomic E-state index is 0.547. The third-order valence-electron chi connectivity index (χ3n) is 2.43. The standard InChI is InChI=1S/C13H20BrNO/c1-2-3-4-5-6-16-13-8-11(10-15)7-12(14)9-13/h7-9H,2-6,10,15H2,1H3. The summed E-state index contributed by atoms with van der Waals surface area (Å²) in [7, 11) is 0. The molecule has 0 fully saturated rings. The summed E-state index contributed by atoms with van der Waals surface area (Å²) in [6, 6.07) is 6.01. The lowest BCUT2D eigenvalue weighted by Crippen LogP contribution is -2.00. The highest BCUT2D eigenvalue weighted by Gasteiger charge is 1.99. The maximum atomic E-state index is 5.69. The van der Waals surface area contributed by atoms with Gasteiger partial charge in [0, 0.05) is 11.0 Å². The van der Waals surface area contributed by atoms with E-state index >= 15 is 0 Å². The summed E-state index contributed by atoms with van der Waals surface area (Å²) in [5.74, 6) is 0.909. The Morgan fingerprint density at radius 3 is 2.69 bits per heavy atom. The number of nitrogens with two attached hydrogens (primary N) is 1. The van der Waals surface area contributed by atoms with Crippen LogP contribution in [0.4, 0.5) is 0 Å². The van der Waals surface area contributed by atoms with Crippen LogP contribution in [0.1, 0.15) is 38.2 Å². The maximum Gasteiger partial charge on any atom is 0.120 e. The summed E-state index contributed by atoms with van der Waals surface area (Å²) in [6.07, 6.45) is 4.91. The van der Waals surface area contributed by atoms with Crippen LogP contribution in [-0.2, 0) is 6.54 Å². The van der Waals surface area contributed by atoms with E-state index in [-0.39, 0.29) is 0 Å². The fraction of sp³-hybridized carbons (Fsp3) is 0.538. The van der Waals surface area contributed by atoms with Crippen LogP contribution < -0.4 is 10.5 Å². The molecule has 0 heterocycles. The highest BCUT2D eigenvalue weighted by Crippen LogP contribution is 2.21. The third kappa shape index (κ3) is 4.99. The lowest BCUT2D eigenvalue weighted by atomic mass is 10.2.